The SMILES string of the molecule is COCOc1cc(-c2ncc3c(N4C[C@H]5CC[C@@H](C4)N5C(=O)O)nc(OC[C@]4(C)C[C@@H](F)CN4C)nc3c2F)c2c(C#C[Si](C(C)C)(C(C)C)C(C)C)c(F)ccc2c1. The van der Waals surface area contributed by atoms with Crippen molar-refractivity contribution in [2.24, 2.45) is 0 Å². The lowest BCUT2D eigenvalue weighted by Gasteiger charge is -2.40. The zero-order chi connectivity index (χ0) is 42.6. The second kappa shape index (κ2) is 16.4. The van der Waals surface area contributed by atoms with E-state index in [-0.39, 0.29) is 66.8 Å². The number of nitrogens with zero attached hydrogens (tertiary/aromatic N) is 6. The molecule has 4 atom stereocenters. The van der Waals surface area contributed by atoms with Gasteiger partial charge in [-0.05, 0) is 67.0 Å². The Bertz CT molecular complexity index is 2280. The van der Waals surface area contributed by atoms with Crippen LogP contribution in [0.1, 0.15) is 73.3 Å². The fourth-order valence-electron chi connectivity index (χ4n) is 10.0. The van der Waals surface area contributed by atoms with Crippen molar-refractivity contribution in [1.29, 1.82) is 0 Å². The van der Waals surface area contributed by atoms with E-state index in [4.69, 9.17) is 24.2 Å². The number of hydrogen-bond acceptors (Lipinski definition) is 9. The lowest BCUT2D eigenvalue weighted by Crippen LogP contribution is -2.55. The van der Waals surface area contributed by atoms with Crippen LogP contribution in [0.5, 0.6) is 11.8 Å². The number of hydrogen-bond donors (Lipinski definition) is 1. The quantitative estimate of drug-likeness (QED) is 0.0894. The molecule has 0 radical (unpaired) electrons. The normalized spacial score (nSPS) is 22.3. The van der Waals surface area contributed by atoms with E-state index in [9.17, 15) is 14.3 Å². The summed E-state index contributed by atoms with van der Waals surface area (Å²) in [5.74, 6) is 2.69. The Hall–Kier alpha value is -4.65. The van der Waals surface area contributed by atoms with Gasteiger partial charge in [-0.3, -0.25) is 14.8 Å². The molecule has 0 unspecified atom stereocenters. The number of amides is 1. The van der Waals surface area contributed by atoms with Gasteiger partial charge in [-0.1, -0.05) is 53.5 Å². The molecule has 2 aromatic carbocycles. The Labute approximate surface area is 345 Å². The topological polar surface area (TPSA) is 113 Å². The molecule has 4 aromatic rings. The first-order valence-electron chi connectivity index (χ1n) is 20.5. The van der Waals surface area contributed by atoms with E-state index >= 15 is 8.78 Å². The number of piperazine rings is 1. The molecular formula is C44H55F3N6O5Si. The highest BCUT2D eigenvalue weighted by molar-refractivity contribution is 6.90. The second-order valence-electron chi connectivity index (χ2n) is 17.6. The van der Waals surface area contributed by atoms with Gasteiger partial charge in [0, 0.05) is 50.3 Å². The van der Waals surface area contributed by atoms with E-state index in [0.717, 1.165) is 0 Å². The van der Waals surface area contributed by atoms with Crippen LogP contribution < -0.4 is 14.4 Å². The second-order valence-corrected chi connectivity index (χ2v) is 23.2. The summed E-state index contributed by atoms with van der Waals surface area (Å²) in [6.07, 6.45) is 1.14. The zero-order valence-electron chi connectivity index (χ0n) is 35.4. The predicted molar refractivity (Wildman–Crippen MR) is 226 cm³/mol. The van der Waals surface area contributed by atoms with Gasteiger partial charge in [0.25, 0.3) is 0 Å². The van der Waals surface area contributed by atoms with Gasteiger partial charge < -0.3 is 24.2 Å². The average Bonchev–Trinajstić information content (AvgIpc) is 3.61. The third-order valence-electron chi connectivity index (χ3n) is 13.1. The van der Waals surface area contributed by atoms with Gasteiger partial charge in [-0.25, -0.2) is 18.0 Å². The molecule has 316 valence electrons. The maximum absolute atomic E-state index is 17.6. The number of ether oxygens (including phenoxy) is 3. The molecule has 0 aliphatic carbocycles. The summed E-state index contributed by atoms with van der Waals surface area (Å²) in [6.45, 7) is 15.9. The Morgan fingerprint density at radius 2 is 1.69 bits per heavy atom. The number of likely N-dealkylation sites (N-methyl/N-ethyl adjacent to an activating group) is 1. The van der Waals surface area contributed by atoms with E-state index in [0.29, 0.717) is 70.3 Å². The van der Waals surface area contributed by atoms with Crippen molar-refractivity contribution in [2.75, 3.05) is 52.1 Å². The highest BCUT2D eigenvalue weighted by Crippen LogP contribution is 2.43. The highest BCUT2D eigenvalue weighted by Gasteiger charge is 2.45. The van der Waals surface area contributed by atoms with Gasteiger partial charge in [-0.15, -0.1) is 5.54 Å². The minimum atomic E-state index is -2.32. The number of fused-ring (bicyclic) bond motifs is 4. The molecule has 3 aliphatic rings. The molecule has 0 spiro atoms. The van der Waals surface area contributed by atoms with Crippen molar-refractivity contribution in [1.82, 2.24) is 24.8 Å². The number of pyridine rings is 1. The molecule has 3 fully saturated rings. The minimum absolute atomic E-state index is 0.0469. The molecule has 2 aromatic heterocycles. The Balaban J connectivity index is 1.43. The van der Waals surface area contributed by atoms with Crippen molar-refractivity contribution in [3.63, 3.8) is 0 Å². The number of likely N-dealkylation sites (tertiary alicyclic amines) is 1. The summed E-state index contributed by atoms with van der Waals surface area (Å²) < 4.78 is 65.7. The van der Waals surface area contributed by atoms with Crippen LogP contribution in [-0.2, 0) is 4.74 Å². The van der Waals surface area contributed by atoms with Crippen LogP contribution >= 0.6 is 0 Å². The Morgan fingerprint density at radius 1 is 1.02 bits per heavy atom. The first-order chi connectivity index (χ1) is 28.0. The summed E-state index contributed by atoms with van der Waals surface area (Å²) in [4.78, 5) is 31.6. The van der Waals surface area contributed by atoms with Crippen LogP contribution in [0.4, 0.5) is 23.8 Å². The number of aromatic nitrogens is 3. The largest absolute Gasteiger partial charge is 0.468 e. The first kappa shape index (κ1) is 42.5. The van der Waals surface area contributed by atoms with Crippen molar-refractivity contribution >= 4 is 41.7 Å². The molecule has 59 heavy (non-hydrogen) atoms. The van der Waals surface area contributed by atoms with Crippen LogP contribution in [0.2, 0.25) is 16.6 Å². The summed E-state index contributed by atoms with van der Waals surface area (Å²) >= 11 is 0. The van der Waals surface area contributed by atoms with Crippen LogP contribution in [-0.4, -0.2) is 115 Å². The van der Waals surface area contributed by atoms with E-state index in [2.05, 4.69) is 58.0 Å². The number of carboxylic acid groups (broad SMARTS) is 1. The molecular weight excluding hydrogens is 778 g/mol. The van der Waals surface area contributed by atoms with Gasteiger partial charge in [0.15, 0.2) is 12.6 Å². The number of alkyl halides is 1. The van der Waals surface area contributed by atoms with Crippen molar-refractivity contribution in [3.8, 4) is 34.5 Å². The number of benzene rings is 2. The number of carbonyl (C=O) groups is 1. The minimum Gasteiger partial charge on any atom is -0.468 e. The predicted octanol–water partition coefficient (Wildman–Crippen LogP) is 8.82. The average molecular weight is 833 g/mol. The lowest BCUT2D eigenvalue weighted by atomic mass is 9.95. The molecule has 11 nitrogen and oxygen atoms in total. The van der Waals surface area contributed by atoms with Crippen molar-refractivity contribution in [3.05, 3.63) is 47.7 Å². The number of methoxy groups -OCH3 is 1. The molecule has 2 bridgehead atoms. The fraction of sp³-hybridized carbons (Fsp3) is 0.545. The zero-order valence-corrected chi connectivity index (χ0v) is 36.4. The summed E-state index contributed by atoms with van der Waals surface area (Å²) in [5, 5.41) is 11.2. The maximum Gasteiger partial charge on any atom is 0.407 e. The number of rotatable bonds is 11. The third kappa shape index (κ3) is 7.68. The monoisotopic (exact) mass is 832 g/mol. The smallest absolute Gasteiger partial charge is 0.407 e. The molecule has 3 aliphatic heterocycles. The first-order valence-corrected chi connectivity index (χ1v) is 22.7. The molecule has 0 saturated carbocycles. The molecule has 3 saturated heterocycles. The summed E-state index contributed by atoms with van der Waals surface area (Å²) in [6, 6.07) is 5.71. The molecule has 1 N–H and O–H groups in total. The highest BCUT2D eigenvalue weighted by atomic mass is 28.3. The van der Waals surface area contributed by atoms with Gasteiger partial charge >= 0.3 is 12.1 Å². The van der Waals surface area contributed by atoms with Crippen molar-refractivity contribution in [2.45, 2.75) is 108 Å². The van der Waals surface area contributed by atoms with Crippen molar-refractivity contribution < 1.29 is 37.3 Å². The number of halogens is 3. The summed E-state index contributed by atoms with van der Waals surface area (Å²) in [5.41, 5.74) is 4.10. The van der Waals surface area contributed by atoms with Crippen LogP contribution in [0.3, 0.4) is 0 Å². The van der Waals surface area contributed by atoms with Gasteiger partial charge in [0.1, 0.15) is 49.4 Å². The van der Waals surface area contributed by atoms with Gasteiger partial charge in [0.05, 0.1) is 28.6 Å². The van der Waals surface area contributed by atoms with Crippen LogP contribution in [0.15, 0.2) is 30.5 Å². The van der Waals surface area contributed by atoms with E-state index < -0.39 is 37.5 Å². The summed E-state index contributed by atoms with van der Waals surface area (Å²) in [7, 11) is 1.00. The molecule has 5 heterocycles. The Kier molecular flexibility index (Phi) is 11.8. The van der Waals surface area contributed by atoms with E-state index in [1.165, 1.54) is 24.3 Å². The van der Waals surface area contributed by atoms with Gasteiger partial charge in [0.2, 0.25) is 0 Å². The fourth-order valence-corrected chi connectivity index (χ4v) is 15.3. The molecule has 15 heteroatoms. The van der Waals surface area contributed by atoms with Crippen LogP contribution in [0, 0.1) is 23.1 Å². The van der Waals surface area contributed by atoms with E-state index in [1.54, 1.807) is 18.2 Å². The van der Waals surface area contributed by atoms with Crippen LogP contribution in [0.25, 0.3) is 32.9 Å². The molecule has 7 rings (SSSR count). The number of anilines is 1. The standard InChI is InChI=1S/C44H55F3N6O5Si/c1-25(2)59(26(3)4,27(5)6)15-14-33-36(46)13-10-28-16-32(58-24-56-9)17-34(37(28)33)39-38(47)40-35(19-48-39)41(52-21-30-11-12-31(22-52)53(30)43(54)55)50-42(49-40)57-23-44(7)18-29(45)20-51(44)8/h10,13,16-17,19,25-27,29-31H,11-12,18,20-24H2,1-9H3,(H,54,55)/t29-,30-,31+,44+/m1/s1. The Morgan fingerprint density at radius 3 is 2.29 bits per heavy atom. The third-order valence-corrected chi connectivity index (χ3v) is 19.4. The molecule has 1 amide bonds. The van der Waals surface area contributed by atoms with Gasteiger partial charge in [-0.2, -0.15) is 9.97 Å². The lowest BCUT2D eigenvalue weighted by molar-refractivity contribution is 0.0512. The maximum atomic E-state index is 17.6. The van der Waals surface area contributed by atoms with E-state index in [1.807, 2.05) is 23.8 Å².